The van der Waals surface area contributed by atoms with Crippen molar-refractivity contribution in [2.45, 2.75) is 44.2 Å². The molecule has 2 amide bonds. The van der Waals surface area contributed by atoms with Crippen LogP contribution in [0.25, 0.3) is 0 Å². The molecule has 1 aromatic rings. The molecule has 6 heteroatoms. The highest BCUT2D eigenvalue weighted by Gasteiger charge is 2.42. The minimum Gasteiger partial charge on any atom is -0.371 e. The van der Waals surface area contributed by atoms with E-state index in [1.165, 1.54) is 30.5 Å². The maximum absolute atomic E-state index is 12.6. The van der Waals surface area contributed by atoms with Crippen LogP contribution in [-0.4, -0.2) is 84.9 Å². The van der Waals surface area contributed by atoms with Gasteiger partial charge in [0.05, 0.1) is 6.54 Å². The second-order valence-corrected chi connectivity index (χ2v) is 8.82. The monoisotopic (exact) mass is 382 g/mol. The number of piperidine rings is 1. The van der Waals surface area contributed by atoms with Gasteiger partial charge in [0.25, 0.3) is 0 Å². The fourth-order valence-electron chi connectivity index (χ4n) is 5.52. The molecule has 6 nitrogen and oxygen atoms in total. The first kappa shape index (κ1) is 18.0. The standard InChI is InChI=1S/C22H30N4O2/c1-23-15-21(27)26-12-11-25(14-20(26)22(23)28)18-7-9-24(10-8-18)19-6-5-16-3-2-4-17(16)13-19/h5-6,13,18,20H,2-4,7-12,14-15H2,1H3. The number of hydrogen-bond acceptors (Lipinski definition) is 4. The third-order valence-electron chi connectivity index (χ3n) is 7.19. The Morgan fingerprint density at radius 3 is 2.57 bits per heavy atom. The molecule has 0 aromatic heterocycles. The van der Waals surface area contributed by atoms with E-state index < -0.39 is 0 Å². The van der Waals surface area contributed by atoms with E-state index in [-0.39, 0.29) is 24.4 Å². The Morgan fingerprint density at radius 1 is 0.964 bits per heavy atom. The molecule has 0 radical (unpaired) electrons. The molecule has 28 heavy (non-hydrogen) atoms. The Labute approximate surface area is 167 Å². The first-order valence-electron chi connectivity index (χ1n) is 10.8. The summed E-state index contributed by atoms with van der Waals surface area (Å²) in [6, 6.07) is 7.26. The Bertz CT molecular complexity index is 787. The van der Waals surface area contributed by atoms with Gasteiger partial charge in [0, 0.05) is 51.5 Å². The summed E-state index contributed by atoms with van der Waals surface area (Å²) in [6.07, 6.45) is 6.02. The zero-order valence-electron chi connectivity index (χ0n) is 16.8. The van der Waals surface area contributed by atoms with E-state index in [1.54, 1.807) is 22.4 Å². The number of piperazine rings is 2. The molecule has 4 aliphatic rings. The number of nitrogens with zero attached hydrogens (tertiary/aromatic N) is 4. The van der Waals surface area contributed by atoms with Crippen LogP contribution in [-0.2, 0) is 22.4 Å². The van der Waals surface area contributed by atoms with E-state index in [0.717, 1.165) is 32.5 Å². The van der Waals surface area contributed by atoms with E-state index in [1.807, 2.05) is 0 Å². The number of rotatable bonds is 2. The first-order valence-corrected chi connectivity index (χ1v) is 10.8. The van der Waals surface area contributed by atoms with Crippen LogP contribution in [0.4, 0.5) is 5.69 Å². The van der Waals surface area contributed by atoms with Gasteiger partial charge in [-0.15, -0.1) is 0 Å². The van der Waals surface area contributed by atoms with Crippen molar-refractivity contribution in [1.82, 2.24) is 14.7 Å². The van der Waals surface area contributed by atoms with E-state index in [2.05, 4.69) is 28.0 Å². The third kappa shape index (κ3) is 3.08. The average Bonchev–Trinajstić information content (AvgIpc) is 3.20. The predicted molar refractivity (Wildman–Crippen MR) is 108 cm³/mol. The van der Waals surface area contributed by atoms with Crippen molar-refractivity contribution in [2.24, 2.45) is 0 Å². The summed E-state index contributed by atoms with van der Waals surface area (Å²) >= 11 is 0. The summed E-state index contributed by atoms with van der Waals surface area (Å²) in [4.78, 5) is 33.2. The van der Waals surface area contributed by atoms with Gasteiger partial charge in [-0.3, -0.25) is 14.5 Å². The van der Waals surface area contributed by atoms with E-state index >= 15 is 0 Å². The molecule has 0 saturated carbocycles. The number of fused-ring (bicyclic) bond motifs is 2. The first-order chi connectivity index (χ1) is 13.6. The smallest absolute Gasteiger partial charge is 0.246 e. The largest absolute Gasteiger partial charge is 0.371 e. The lowest BCUT2D eigenvalue weighted by atomic mass is 9.98. The molecular formula is C22H30N4O2. The van der Waals surface area contributed by atoms with Gasteiger partial charge in [-0.2, -0.15) is 0 Å². The molecule has 0 spiro atoms. The number of hydrogen-bond donors (Lipinski definition) is 0. The quantitative estimate of drug-likeness (QED) is 0.769. The molecule has 0 bridgehead atoms. The maximum atomic E-state index is 12.6. The lowest BCUT2D eigenvalue weighted by Crippen LogP contribution is -2.67. The molecule has 3 aliphatic heterocycles. The van der Waals surface area contributed by atoms with Crippen LogP contribution < -0.4 is 4.90 Å². The molecule has 0 N–H and O–H groups in total. The Hall–Kier alpha value is -2.08. The number of carbonyl (C=O) groups is 2. The molecule has 3 heterocycles. The summed E-state index contributed by atoms with van der Waals surface area (Å²) in [5.41, 5.74) is 4.45. The summed E-state index contributed by atoms with van der Waals surface area (Å²) < 4.78 is 0. The second kappa shape index (κ2) is 7.07. The van der Waals surface area contributed by atoms with E-state index in [9.17, 15) is 9.59 Å². The van der Waals surface area contributed by atoms with Crippen LogP contribution in [0.5, 0.6) is 0 Å². The molecule has 5 rings (SSSR count). The summed E-state index contributed by atoms with van der Waals surface area (Å²) in [6.45, 7) is 4.64. The predicted octanol–water partition coefficient (Wildman–Crippen LogP) is 1.13. The normalized spacial score (nSPS) is 26.6. The fourth-order valence-corrected chi connectivity index (χ4v) is 5.52. The minimum atomic E-state index is -0.283. The topological polar surface area (TPSA) is 47.1 Å². The van der Waals surface area contributed by atoms with Crippen molar-refractivity contribution in [1.29, 1.82) is 0 Å². The number of carbonyl (C=O) groups excluding carboxylic acids is 2. The zero-order chi connectivity index (χ0) is 19.3. The lowest BCUT2D eigenvalue weighted by molar-refractivity contribution is -0.158. The van der Waals surface area contributed by atoms with Gasteiger partial charge in [-0.25, -0.2) is 0 Å². The molecular weight excluding hydrogens is 352 g/mol. The fraction of sp³-hybridized carbons (Fsp3) is 0.636. The van der Waals surface area contributed by atoms with Crippen molar-refractivity contribution in [2.75, 3.05) is 51.2 Å². The maximum Gasteiger partial charge on any atom is 0.246 e. The third-order valence-corrected chi connectivity index (χ3v) is 7.19. The highest BCUT2D eigenvalue weighted by atomic mass is 16.2. The summed E-state index contributed by atoms with van der Waals surface area (Å²) in [5, 5.41) is 0. The molecule has 3 fully saturated rings. The van der Waals surface area contributed by atoms with Crippen molar-refractivity contribution < 1.29 is 9.59 Å². The second-order valence-electron chi connectivity index (χ2n) is 8.82. The Kier molecular flexibility index (Phi) is 4.54. The van der Waals surface area contributed by atoms with Crippen LogP contribution in [0.1, 0.15) is 30.4 Å². The van der Waals surface area contributed by atoms with E-state index in [0.29, 0.717) is 19.1 Å². The molecule has 1 atom stereocenters. The lowest BCUT2D eigenvalue weighted by Gasteiger charge is -2.48. The van der Waals surface area contributed by atoms with Crippen molar-refractivity contribution in [3.05, 3.63) is 29.3 Å². The van der Waals surface area contributed by atoms with Crippen molar-refractivity contribution in [3.63, 3.8) is 0 Å². The molecule has 1 aliphatic carbocycles. The minimum absolute atomic E-state index is 0.0955. The van der Waals surface area contributed by atoms with Crippen molar-refractivity contribution >= 4 is 17.5 Å². The van der Waals surface area contributed by atoms with Gasteiger partial charge < -0.3 is 14.7 Å². The molecule has 3 saturated heterocycles. The van der Waals surface area contributed by atoms with Crippen LogP contribution in [0.2, 0.25) is 0 Å². The number of likely N-dealkylation sites (N-methyl/N-ethyl adjacent to an activating group) is 1. The van der Waals surface area contributed by atoms with Gasteiger partial charge in [0.2, 0.25) is 11.8 Å². The van der Waals surface area contributed by atoms with Gasteiger partial charge in [0.1, 0.15) is 6.04 Å². The van der Waals surface area contributed by atoms with E-state index in [4.69, 9.17) is 0 Å². The zero-order valence-corrected chi connectivity index (χ0v) is 16.8. The molecule has 150 valence electrons. The number of amides is 2. The van der Waals surface area contributed by atoms with Crippen LogP contribution >= 0.6 is 0 Å². The Morgan fingerprint density at radius 2 is 1.75 bits per heavy atom. The number of benzene rings is 1. The van der Waals surface area contributed by atoms with Gasteiger partial charge in [-0.1, -0.05) is 6.07 Å². The van der Waals surface area contributed by atoms with Crippen LogP contribution in [0.3, 0.4) is 0 Å². The number of anilines is 1. The van der Waals surface area contributed by atoms with Gasteiger partial charge in [-0.05, 0) is 55.4 Å². The highest BCUT2D eigenvalue weighted by Crippen LogP contribution is 2.30. The van der Waals surface area contributed by atoms with Gasteiger partial charge >= 0.3 is 0 Å². The van der Waals surface area contributed by atoms with Crippen molar-refractivity contribution in [3.8, 4) is 0 Å². The SMILES string of the molecule is CN1CC(=O)N2CCN(C3CCN(c4ccc5c(c4)CCC5)CC3)CC2C1=O. The summed E-state index contributed by atoms with van der Waals surface area (Å²) in [7, 11) is 1.74. The summed E-state index contributed by atoms with van der Waals surface area (Å²) in [5.74, 6) is 0.193. The average molecular weight is 383 g/mol. The van der Waals surface area contributed by atoms with Gasteiger partial charge in [0.15, 0.2) is 0 Å². The molecule has 1 unspecified atom stereocenters. The highest BCUT2D eigenvalue weighted by molar-refractivity contribution is 5.95. The molecule has 1 aromatic carbocycles. The van der Waals surface area contributed by atoms with Crippen LogP contribution in [0.15, 0.2) is 18.2 Å². The Balaban J connectivity index is 1.21. The van der Waals surface area contributed by atoms with Crippen LogP contribution in [0, 0.1) is 0 Å². The number of aryl methyl sites for hydroxylation is 2.